The number of hydrogen-bond acceptors (Lipinski definition) is 7. The van der Waals surface area contributed by atoms with Crippen molar-refractivity contribution in [3.05, 3.63) is 71.6 Å². The van der Waals surface area contributed by atoms with Crippen molar-refractivity contribution >= 4 is 23.5 Å². The van der Waals surface area contributed by atoms with Crippen molar-refractivity contribution in [1.82, 2.24) is 25.1 Å². The molecule has 0 spiro atoms. The Labute approximate surface area is 216 Å². The molecule has 0 saturated heterocycles. The van der Waals surface area contributed by atoms with Crippen LogP contribution in [0.3, 0.4) is 0 Å². The first-order valence-corrected chi connectivity index (χ1v) is 12.6. The van der Waals surface area contributed by atoms with Gasteiger partial charge >= 0.3 is 5.97 Å². The van der Waals surface area contributed by atoms with E-state index < -0.39 is 17.9 Å². The number of benzene rings is 1. The van der Waals surface area contributed by atoms with Gasteiger partial charge in [-0.15, -0.1) is 0 Å². The van der Waals surface area contributed by atoms with Gasteiger partial charge in [-0.3, -0.25) is 24.2 Å². The smallest absolute Gasteiger partial charge is 0.338 e. The van der Waals surface area contributed by atoms with Crippen LogP contribution < -0.4 is 10.2 Å². The lowest BCUT2D eigenvalue weighted by Gasteiger charge is -2.33. The minimum absolute atomic E-state index is 0.0420. The number of hydrogen-bond donors (Lipinski definition) is 1. The Hall–Kier alpha value is -4.08. The zero-order valence-corrected chi connectivity index (χ0v) is 21.4. The lowest BCUT2D eigenvalue weighted by atomic mass is 9.94. The number of nitrogens with one attached hydrogen (secondary N) is 1. The third kappa shape index (κ3) is 6.02. The predicted octanol–water partition coefficient (Wildman–Crippen LogP) is 3.53. The summed E-state index contributed by atoms with van der Waals surface area (Å²) in [4.78, 5) is 49.7. The number of nitrogens with zero attached hydrogens (tertiary/aromatic N) is 5. The number of aryl methyl sites for hydroxylation is 2. The van der Waals surface area contributed by atoms with E-state index in [0.717, 1.165) is 32.1 Å². The number of rotatable bonds is 8. The van der Waals surface area contributed by atoms with Crippen LogP contribution >= 0.6 is 0 Å². The Morgan fingerprint density at radius 3 is 2.46 bits per heavy atom. The first-order chi connectivity index (χ1) is 17.9. The highest BCUT2D eigenvalue weighted by atomic mass is 16.5. The normalized spacial score (nSPS) is 14.6. The van der Waals surface area contributed by atoms with E-state index >= 15 is 0 Å². The third-order valence-electron chi connectivity index (χ3n) is 6.46. The molecule has 0 radical (unpaired) electrons. The van der Waals surface area contributed by atoms with E-state index in [9.17, 15) is 14.4 Å². The van der Waals surface area contributed by atoms with Gasteiger partial charge in [0.1, 0.15) is 11.7 Å². The third-order valence-corrected chi connectivity index (χ3v) is 6.46. The molecule has 1 N–H and O–H groups in total. The number of esters is 1. The minimum Gasteiger partial charge on any atom is -0.462 e. The van der Waals surface area contributed by atoms with Crippen molar-refractivity contribution in [2.75, 3.05) is 11.5 Å². The van der Waals surface area contributed by atoms with E-state index in [1.165, 1.54) is 23.5 Å². The van der Waals surface area contributed by atoms with Crippen molar-refractivity contribution in [2.24, 2.45) is 7.05 Å². The molecular formula is C27H32N6O4. The van der Waals surface area contributed by atoms with Crippen molar-refractivity contribution < 1.29 is 19.1 Å². The number of anilines is 1. The molecule has 4 rings (SSSR count). The van der Waals surface area contributed by atoms with Crippen LogP contribution in [0.1, 0.15) is 77.2 Å². The lowest BCUT2D eigenvalue weighted by molar-refractivity contribution is -0.123. The van der Waals surface area contributed by atoms with Crippen molar-refractivity contribution in [1.29, 1.82) is 0 Å². The van der Waals surface area contributed by atoms with Crippen LogP contribution in [-0.4, -0.2) is 50.2 Å². The van der Waals surface area contributed by atoms with Crippen LogP contribution in [0.2, 0.25) is 0 Å². The molecule has 1 atom stereocenters. The maximum atomic E-state index is 13.9. The zero-order chi connectivity index (χ0) is 26.4. The molecular weight excluding hydrogens is 472 g/mol. The zero-order valence-electron chi connectivity index (χ0n) is 21.4. The number of amides is 2. The summed E-state index contributed by atoms with van der Waals surface area (Å²) in [6.07, 6.45) is 11.1. The summed E-state index contributed by atoms with van der Waals surface area (Å²) >= 11 is 0. The van der Waals surface area contributed by atoms with E-state index in [2.05, 4.69) is 20.4 Å². The SMILES string of the molecule is CCOC(=O)c1ccc(N(C(=O)c2cnccn2)[C@H](C(=O)NC2CCCCC2)c2cn(C)nc2C)cc1. The maximum absolute atomic E-state index is 13.9. The number of carbonyl (C=O) groups is 3. The van der Waals surface area contributed by atoms with Gasteiger partial charge in [0, 0.05) is 42.9 Å². The standard InChI is InChI=1S/C27H32N6O4/c1-4-37-27(36)19-10-12-21(13-11-19)33(26(35)23-16-28-14-15-29-23)24(22-17-32(3)31-18(22)2)25(34)30-20-8-6-5-7-9-20/h10-17,20,24H,4-9H2,1-3H3,(H,30,34)/t24-/m0/s1. The van der Waals surface area contributed by atoms with Gasteiger partial charge < -0.3 is 10.1 Å². The summed E-state index contributed by atoms with van der Waals surface area (Å²) in [5.41, 5.74) is 2.09. The fourth-order valence-electron chi connectivity index (χ4n) is 4.70. The molecule has 10 heteroatoms. The largest absolute Gasteiger partial charge is 0.462 e. The minimum atomic E-state index is -1.02. The van der Waals surface area contributed by atoms with Gasteiger partial charge in [0.25, 0.3) is 5.91 Å². The Morgan fingerprint density at radius 2 is 1.86 bits per heavy atom. The molecule has 2 amide bonds. The van der Waals surface area contributed by atoms with E-state index in [1.807, 2.05) is 6.92 Å². The Balaban J connectivity index is 1.80. The molecule has 0 aliphatic heterocycles. The number of ether oxygens (including phenoxy) is 1. The summed E-state index contributed by atoms with van der Waals surface area (Å²) in [6.45, 7) is 3.80. The molecule has 37 heavy (non-hydrogen) atoms. The summed E-state index contributed by atoms with van der Waals surface area (Å²) in [7, 11) is 1.77. The first kappa shape index (κ1) is 26.0. The van der Waals surface area contributed by atoms with E-state index in [-0.39, 0.29) is 24.2 Å². The summed E-state index contributed by atoms with van der Waals surface area (Å²) in [5.74, 6) is -1.26. The lowest BCUT2D eigenvalue weighted by Crippen LogP contribution is -2.47. The molecule has 10 nitrogen and oxygen atoms in total. The van der Waals surface area contributed by atoms with Crippen molar-refractivity contribution in [2.45, 2.75) is 58.0 Å². The quantitative estimate of drug-likeness (QED) is 0.466. The predicted molar refractivity (Wildman–Crippen MR) is 137 cm³/mol. The highest BCUT2D eigenvalue weighted by Gasteiger charge is 2.37. The van der Waals surface area contributed by atoms with Crippen LogP contribution in [0.4, 0.5) is 5.69 Å². The van der Waals surface area contributed by atoms with E-state index in [1.54, 1.807) is 49.1 Å². The molecule has 1 fully saturated rings. The second-order valence-corrected chi connectivity index (χ2v) is 9.12. The van der Waals surface area contributed by atoms with E-state index in [4.69, 9.17) is 4.74 Å². The summed E-state index contributed by atoms with van der Waals surface area (Å²) < 4.78 is 6.72. The summed E-state index contributed by atoms with van der Waals surface area (Å²) in [5, 5.41) is 7.61. The van der Waals surface area contributed by atoms with Crippen LogP contribution in [0.25, 0.3) is 0 Å². The van der Waals surface area contributed by atoms with Gasteiger partial charge in [-0.05, 0) is 51.0 Å². The Bertz CT molecular complexity index is 1240. The van der Waals surface area contributed by atoms with Gasteiger partial charge in [-0.25, -0.2) is 9.78 Å². The molecule has 0 bridgehead atoms. The Kier molecular flexibility index (Phi) is 8.27. The van der Waals surface area contributed by atoms with E-state index in [0.29, 0.717) is 22.5 Å². The second-order valence-electron chi connectivity index (χ2n) is 9.12. The van der Waals surface area contributed by atoms with Gasteiger partial charge in [-0.1, -0.05) is 19.3 Å². The summed E-state index contributed by atoms with van der Waals surface area (Å²) in [6, 6.07) is 5.45. The molecule has 1 aliphatic carbocycles. The maximum Gasteiger partial charge on any atom is 0.338 e. The second kappa shape index (κ2) is 11.8. The molecule has 3 aromatic rings. The number of aromatic nitrogens is 4. The Morgan fingerprint density at radius 1 is 1.14 bits per heavy atom. The van der Waals surface area contributed by atoms with Crippen molar-refractivity contribution in [3.8, 4) is 0 Å². The van der Waals surface area contributed by atoms with Crippen molar-refractivity contribution in [3.63, 3.8) is 0 Å². The average molecular weight is 505 g/mol. The van der Waals surface area contributed by atoms with Gasteiger partial charge in [0.05, 0.1) is 24.1 Å². The molecule has 1 saturated carbocycles. The van der Waals surface area contributed by atoms with Crippen LogP contribution in [0, 0.1) is 6.92 Å². The molecule has 1 aliphatic rings. The molecule has 0 unspecified atom stereocenters. The topological polar surface area (TPSA) is 119 Å². The van der Waals surface area contributed by atoms with Crippen LogP contribution in [0.5, 0.6) is 0 Å². The molecule has 2 heterocycles. The monoisotopic (exact) mass is 504 g/mol. The van der Waals surface area contributed by atoms with Gasteiger partial charge in [-0.2, -0.15) is 5.10 Å². The molecule has 1 aromatic carbocycles. The van der Waals surface area contributed by atoms with Gasteiger partial charge in [0.15, 0.2) is 0 Å². The highest BCUT2D eigenvalue weighted by molar-refractivity contribution is 6.09. The fraction of sp³-hybridized carbons (Fsp3) is 0.407. The molecule has 2 aromatic heterocycles. The average Bonchev–Trinajstić information content (AvgIpc) is 3.25. The fourth-order valence-corrected chi connectivity index (χ4v) is 4.70. The molecule has 194 valence electrons. The van der Waals surface area contributed by atoms with Crippen LogP contribution in [-0.2, 0) is 16.6 Å². The van der Waals surface area contributed by atoms with Crippen LogP contribution in [0.15, 0.2) is 49.1 Å². The number of carbonyl (C=O) groups excluding carboxylic acids is 3. The first-order valence-electron chi connectivity index (χ1n) is 12.6. The highest BCUT2D eigenvalue weighted by Crippen LogP contribution is 2.32. The van der Waals surface area contributed by atoms with Gasteiger partial charge in [0.2, 0.25) is 5.91 Å².